The molecule has 1 N–H and O–H groups in total. The number of rotatable bonds is 3. The number of benzene rings is 1. The van der Waals surface area contributed by atoms with Gasteiger partial charge in [-0.25, -0.2) is 8.42 Å². The Balaban J connectivity index is 1.68. The smallest absolute Gasteiger partial charge is 0.151 e. The van der Waals surface area contributed by atoms with Gasteiger partial charge in [-0.2, -0.15) is 0 Å². The summed E-state index contributed by atoms with van der Waals surface area (Å²) in [6.07, 6.45) is 7.47. The lowest BCUT2D eigenvalue weighted by molar-refractivity contribution is 0.394. The average Bonchev–Trinajstić information content (AvgIpc) is 2.87. The lowest BCUT2D eigenvalue weighted by Crippen LogP contribution is -2.47. The van der Waals surface area contributed by atoms with Gasteiger partial charge in [-0.15, -0.1) is 0 Å². The topological polar surface area (TPSA) is 46.2 Å². The number of hydrogen-bond acceptors (Lipinski definition) is 3. The Bertz CT molecular complexity index is 582. The molecule has 0 saturated heterocycles. The van der Waals surface area contributed by atoms with Crippen LogP contribution in [0.25, 0.3) is 0 Å². The normalized spacial score (nSPS) is 30.1. The SMILES string of the molecule is CS(=O)(=O)C1CCCC1NC1CCc2ccccc2C1. The van der Waals surface area contributed by atoms with Crippen LogP contribution in [0.2, 0.25) is 0 Å². The van der Waals surface area contributed by atoms with E-state index in [0.717, 1.165) is 38.5 Å². The molecule has 110 valence electrons. The molecule has 0 heterocycles. The summed E-state index contributed by atoms with van der Waals surface area (Å²) in [5.74, 6) is 0. The molecule has 3 atom stereocenters. The third-order valence-corrected chi connectivity index (χ3v) is 6.46. The number of hydrogen-bond donors (Lipinski definition) is 1. The van der Waals surface area contributed by atoms with Crippen LogP contribution < -0.4 is 5.32 Å². The van der Waals surface area contributed by atoms with Crippen LogP contribution in [0.4, 0.5) is 0 Å². The fraction of sp³-hybridized carbons (Fsp3) is 0.625. The van der Waals surface area contributed by atoms with E-state index in [2.05, 4.69) is 29.6 Å². The summed E-state index contributed by atoms with van der Waals surface area (Å²) < 4.78 is 23.7. The molecule has 1 saturated carbocycles. The van der Waals surface area contributed by atoms with Gasteiger partial charge in [-0.3, -0.25) is 0 Å². The Morgan fingerprint density at radius 2 is 1.85 bits per heavy atom. The van der Waals surface area contributed by atoms with Crippen LogP contribution in [0.5, 0.6) is 0 Å². The molecule has 1 fully saturated rings. The predicted octanol–water partition coefficient (Wildman–Crippen LogP) is 2.10. The van der Waals surface area contributed by atoms with Crippen molar-refractivity contribution in [3.63, 3.8) is 0 Å². The summed E-state index contributed by atoms with van der Waals surface area (Å²) in [6, 6.07) is 9.18. The summed E-state index contributed by atoms with van der Waals surface area (Å²) in [6.45, 7) is 0. The minimum Gasteiger partial charge on any atom is -0.310 e. The van der Waals surface area contributed by atoms with Gasteiger partial charge in [0.2, 0.25) is 0 Å². The van der Waals surface area contributed by atoms with Crippen molar-refractivity contribution < 1.29 is 8.42 Å². The van der Waals surface area contributed by atoms with E-state index in [1.54, 1.807) is 0 Å². The Hall–Kier alpha value is -0.870. The van der Waals surface area contributed by atoms with E-state index < -0.39 is 9.84 Å². The first-order valence-corrected chi connectivity index (χ1v) is 9.51. The van der Waals surface area contributed by atoms with Crippen molar-refractivity contribution in [1.29, 1.82) is 0 Å². The molecule has 2 aliphatic carbocycles. The highest BCUT2D eigenvalue weighted by molar-refractivity contribution is 7.91. The maximum absolute atomic E-state index is 11.8. The molecule has 4 heteroatoms. The summed E-state index contributed by atoms with van der Waals surface area (Å²) >= 11 is 0. The number of aryl methyl sites for hydroxylation is 1. The molecule has 0 spiro atoms. The van der Waals surface area contributed by atoms with Gasteiger partial charge in [0, 0.05) is 18.3 Å². The minimum atomic E-state index is -2.93. The fourth-order valence-electron chi connectivity index (χ4n) is 3.77. The maximum atomic E-state index is 11.8. The van der Waals surface area contributed by atoms with E-state index in [9.17, 15) is 8.42 Å². The van der Waals surface area contributed by atoms with Crippen LogP contribution in [-0.2, 0) is 22.7 Å². The third-order valence-electron chi connectivity index (χ3n) is 4.80. The van der Waals surface area contributed by atoms with Crippen LogP contribution in [0.15, 0.2) is 24.3 Å². The number of fused-ring (bicyclic) bond motifs is 1. The Morgan fingerprint density at radius 3 is 2.60 bits per heavy atom. The van der Waals surface area contributed by atoms with Crippen molar-refractivity contribution in [2.45, 2.75) is 55.9 Å². The highest BCUT2D eigenvalue weighted by Gasteiger charge is 2.36. The van der Waals surface area contributed by atoms with Gasteiger partial charge in [0.15, 0.2) is 9.84 Å². The van der Waals surface area contributed by atoms with Crippen LogP contribution >= 0.6 is 0 Å². The number of nitrogens with one attached hydrogen (secondary N) is 1. The highest BCUT2D eigenvalue weighted by atomic mass is 32.2. The lowest BCUT2D eigenvalue weighted by Gasteiger charge is -2.30. The van der Waals surface area contributed by atoms with E-state index in [1.807, 2.05) is 0 Å². The zero-order valence-corrected chi connectivity index (χ0v) is 12.8. The van der Waals surface area contributed by atoms with E-state index in [0.29, 0.717) is 6.04 Å². The van der Waals surface area contributed by atoms with E-state index >= 15 is 0 Å². The summed E-state index contributed by atoms with van der Waals surface area (Å²) in [5.41, 5.74) is 2.88. The summed E-state index contributed by atoms with van der Waals surface area (Å²) in [7, 11) is -2.93. The van der Waals surface area contributed by atoms with Crippen LogP contribution in [0, 0.1) is 0 Å². The van der Waals surface area contributed by atoms with Crippen molar-refractivity contribution in [3.8, 4) is 0 Å². The average molecular weight is 293 g/mol. The second-order valence-electron chi connectivity index (χ2n) is 6.28. The minimum absolute atomic E-state index is 0.153. The fourth-order valence-corrected chi connectivity index (χ4v) is 5.18. The molecular formula is C16H23NO2S. The third kappa shape index (κ3) is 2.91. The quantitative estimate of drug-likeness (QED) is 0.928. The molecule has 3 unspecified atom stereocenters. The first-order chi connectivity index (χ1) is 9.54. The van der Waals surface area contributed by atoms with Crippen molar-refractivity contribution in [2.24, 2.45) is 0 Å². The van der Waals surface area contributed by atoms with Crippen molar-refractivity contribution in [3.05, 3.63) is 35.4 Å². The van der Waals surface area contributed by atoms with E-state index in [1.165, 1.54) is 17.4 Å². The first kappa shape index (κ1) is 14.1. The van der Waals surface area contributed by atoms with Crippen LogP contribution in [0.1, 0.15) is 36.8 Å². The van der Waals surface area contributed by atoms with Gasteiger partial charge < -0.3 is 5.32 Å². The van der Waals surface area contributed by atoms with Crippen molar-refractivity contribution in [2.75, 3.05) is 6.26 Å². The van der Waals surface area contributed by atoms with Gasteiger partial charge in [0.05, 0.1) is 5.25 Å². The monoisotopic (exact) mass is 293 g/mol. The molecule has 3 rings (SSSR count). The largest absolute Gasteiger partial charge is 0.310 e. The van der Waals surface area contributed by atoms with E-state index in [4.69, 9.17) is 0 Å². The molecular weight excluding hydrogens is 270 g/mol. The number of sulfone groups is 1. The molecule has 0 amide bonds. The van der Waals surface area contributed by atoms with Crippen LogP contribution in [0.3, 0.4) is 0 Å². The second-order valence-corrected chi connectivity index (χ2v) is 8.55. The van der Waals surface area contributed by atoms with Crippen molar-refractivity contribution in [1.82, 2.24) is 5.32 Å². The standard InChI is InChI=1S/C16H23NO2S/c1-20(18,19)16-8-4-7-15(16)17-14-10-9-12-5-2-3-6-13(12)11-14/h2-3,5-6,14-17H,4,7-11H2,1H3. The Kier molecular flexibility index (Phi) is 3.87. The maximum Gasteiger partial charge on any atom is 0.151 e. The molecule has 1 aromatic carbocycles. The second kappa shape index (κ2) is 5.49. The lowest BCUT2D eigenvalue weighted by atomic mass is 9.88. The zero-order chi connectivity index (χ0) is 14.2. The molecule has 0 radical (unpaired) electrons. The molecule has 0 aliphatic heterocycles. The van der Waals surface area contributed by atoms with E-state index in [-0.39, 0.29) is 11.3 Å². The predicted molar refractivity (Wildman–Crippen MR) is 81.7 cm³/mol. The van der Waals surface area contributed by atoms with Gasteiger partial charge in [-0.1, -0.05) is 30.7 Å². The molecule has 20 heavy (non-hydrogen) atoms. The molecule has 1 aromatic rings. The van der Waals surface area contributed by atoms with Gasteiger partial charge in [0.1, 0.15) is 0 Å². The zero-order valence-electron chi connectivity index (χ0n) is 12.0. The Labute approximate surface area is 121 Å². The van der Waals surface area contributed by atoms with Crippen molar-refractivity contribution >= 4 is 9.84 Å². The summed E-state index contributed by atoms with van der Waals surface area (Å²) in [5, 5.41) is 3.46. The molecule has 2 aliphatic rings. The first-order valence-electron chi connectivity index (χ1n) is 7.56. The van der Waals surface area contributed by atoms with Gasteiger partial charge in [-0.05, 0) is 43.2 Å². The molecule has 0 bridgehead atoms. The Morgan fingerprint density at radius 1 is 1.10 bits per heavy atom. The highest BCUT2D eigenvalue weighted by Crippen LogP contribution is 2.28. The van der Waals surface area contributed by atoms with Gasteiger partial charge in [0.25, 0.3) is 0 Å². The summed E-state index contributed by atoms with van der Waals surface area (Å²) in [4.78, 5) is 0. The van der Waals surface area contributed by atoms with Crippen LogP contribution in [-0.4, -0.2) is 32.0 Å². The molecule has 3 nitrogen and oxygen atoms in total. The van der Waals surface area contributed by atoms with Gasteiger partial charge >= 0.3 is 0 Å². The molecule has 0 aromatic heterocycles.